The van der Waals surface area contributed by atoms with Gasteiger partial charge in [-0.3, -0.25) is 4.99 Å². The number of amidine groups is 1. The van der Waals surface area contributed by atoms with E-state index < -0.39 is 0 Å². The van der Waals surface area contributed by atoms with Gasteiger partial charge in [-0.05, 0) is 26.2 Å². The molecule has 1 aliphatic rings. The van der Waals surface area contributed by atoms with E-state index in [1.807, 2.05) is 0 Å². The molecule has 0 aromatic carbocycles. The van der Waals surface area contributed by atoms with E-state index >= 15 is 0 Å². The maximum atomic E-state index is 5.76. The van der Waals surface area contributed by atoms with Crippen LogP contribution in [0.15, 0.2) is 4.99 Å². The van der Waals surface area contributed by atoms with Gasteiger partial charge in [0, 0.05) is 5.92 Å². The minimum Gasteiger partial charge on any atom is -0.387 e. The number of rotatable bonds is 2. The van der Waals surface area contributed by atoms with E-state index in [9.17, 15) is 0 Å². The average molecular weight is 154 g/mol. The zero-order valence-electron chi connectivity index (χ0n) is 7.72. The lowest BCUT2D eigenvalue weighted by Gasteiger charge is -2.35. The molecule has 0 amide bonds. The maximum Gasteiger partial charge on any atom is 0.0969 e. The molecule has 1 saturated carbocycles. The average Bonchev–Trinajstić information content (AvgIpc) is 1.84. The van der Waals surface area contributed by atoms with Gasteiger partial charge in [0.15, 0.2) is 0 Å². The van der Waals surface area contributed by atoms with Crippen LogP contribution in [0.5, 0.6) is 0 Å². The van der Waals surface area contributed by atoms with Gasteiger partial charge in [-0.25, -0.2) is 0 Å². The first-order chi connectivity index (χ1) is 5.03. The van der Waals surface area contributed by atoms with E-state index in [1.165, 1.54) is 19.3 Å². The van der Waals surface area contributed by atoms with Gasteiger partial charge in [0.05, 0.1) is 11.4 Å². The molecule has 1 rings (SSSR count). The molecule has 0 heterocycles. The Bertz CT molecular complexity index is 166. The normalized spacial score (nSPS) is 23.5. The van der Waals surface area contributed by atoms with Crippen LogP contribution in [0.2, 0.25) is 0 Å². The van der Waals surface area contributed by atoms with Gasteiger partial charge < -0.3 is 5.73 Å². The van der Waals surface area contributed by atoms with Crippen molar-refractivity contribution in [2.75, 3.05) is 0 Å². The fraction of sp³-hybridized carbons (Fsp3) is 0.889. The topological polar surface area (TPSA) is 38.4 Å². The van der Waals surface area contributed by atoms with Crippen LogP contribution in [0, 0.1) is 5.92 Å². The van der Waals surface area contributed by atoms with Crippen LogP contribution in [0.1, 0.15) is 40.0 Å². The number of nitrogens with two attached hydrogens (primary N) is 1. The molecule has 0 aliphatic heterocycles. The molecule has 0 saturated heterocycles. The highest BCUT2D eigenvalue weighted by atomic mass is 14.9. The summed E-state index contributed by atoms with van der Waals surface area (Å²) in [5, 5.41) is 0. The lowest BCUT2D eigenvalue weighted by molar-refractivity contribution is 0.278. The largest absolute Gasteiger partial charge is 0.387 e. The molecule has 0 unspecified atom stereocenters. The fourth-order valence-electron chi connectivity index (χ4n) is 1.24. The van der Waals surface area contributed by atoms with Crippen molar-refractivity contribution in [3.8, 4) is 0 Å². The molecule has 0 atom stereocenters. The van der Waals surface area contributed by atoms with Crippen LogP contribution in [-0.4, -0.2) is 11.4 Å². The van der Waals surface area contributed by atoms with Crippen molar-refractivity contribution < 1.29 is 0 Å². The predicted octanol–water partition coefficient (Wildman–Crippen LogP) is 1.94. The molecule has 1 aliphatic carbocycles. The second-order valence-electron chi connectivity index (χ2n) is 4.04. The summed E-state index contributed by atoms with van der Waals surface area (Å²) in [6.07, 6.45) is 3.73. The van der Waals surface area contributed by atoms with Crippen LogP contribution < -0.4 is 5.73 Å². The number of hydrogen-bond donors (Lipinski definition) is 1. The van der Waals surface area contributed by atoms with Crippen molar-refractivity contribution >= 4 is 5.84 Å². The molecule has 0 spiro atoms. The zero-order valence-corrected chi connectivity index (χ0v) is 7.72. The molecule has 1 fully saturated rings. The summed E-state index contributed by atoms with van der Waals surface area (Å²) in [6, 6.07) is 0. The minimum atomic E-state index is 0.189. The lowest BCUT2D eigenvalue weighted by atomic mass is 9.79. The first kappa shape index (κ1) is 8.57. The summed E-state index contributed by atoms with van der Waals surface area (Å²) >= 11 is 0. The zero-order chi connectivity index (χ0) is 8.48. The number of nitrogens with zero attached hydrogens (tertiary/aromatic N) is 1. The van der Waals surface area contributed by atoms with Crippen LogP contribution in [-0.2, 0) is 0 Å². The summed E-state index contributed by atoms with van der Waals surface area (Å²) in [7, 11) is 0. The Hall–Kier alpha value is -0.530. The third-order valence-electron chi connectivity index (χ3n) is 2.42. The van der Waals surface area contributed by atoms with Crippen molar-refractivity contribution in [2.24, 2.45) is 16.6 Å². The van der Waals surface area contributed by atoms with Gasteiger partial charge in [-0.1, -0.05) is 13.8 Å². The first-order valence-electron chi connectivity index (χ1n) is 4.39. The Labute approximate surface area is 68.9 Å². The Kier molecular flexibility index (Phi) is 2.21. The van der Waals surface area contributed by atoms with Crippen molar-refractivity contribution in [3.63, 3.8) is 0 Å². The highest BCUT2D eigenvalue weighted by Gasteiger charge is 2.31. The molecule has 0 radical (unpaired) electrons. The van der Waals surface area contributed by atoms with Gasteiger partial charge in [-0.15, -0.1) is 0 Å². The smallest absolute Gasteiger partial charge is 0.0969 e. The van der Waals surface area contributed by atoms with E-state index in [1.54, 1.807) is 0 Å². The highest BCUT2D eigenvalue weighted by Crippen LogP contribution is 2.35. The number of aliphatic imine (C=N–C) groups is 1. The molecular weight excluding hydrogens is 136 g/mol. The van der Waals surface area contributed by atoms with Crippen LogP contribution >= 0.6 is 0 Å². The number of hydrogen-bond acceptors (Lipinski definition) is 1. The third-order valence-corrected chi connectivity index (χ3v) is 2.42. The monoisotopic (exact) mass is 154 g/mol. The van der Waals surface area contributed by atoms with Gasteiger partial charge in [-0.2, -0.15) is 0 Å². The van der Waals surface area contributed by atoms with Gasteiger partial charge in [0.2, 0.25) is 0 Å². The van der Waals surface area contributed by atoms with E-state index in [0.717, 1.165) is 5.84 Å². The SMILES string of the molecule is CC(C)C(N)=NC1(C)CCC1. The summed E-state index contributed by atoms with van der Waals surface area (Å²) in [5.41, 5.74) is 5.95. The lowest BCUT2D eigenvalue weighted by Crippen LogP contribution is -2.35. The van der Waals surface area contributed by atoms with E-state index in [2.05, 4.69) is 25.8 Å². The van der Waals surface area contributed by atoms with E-state index in [-0.39, 0.29) is 5.54 Å². The van der Waals surface area contributed by atoms with Crippen molar-refractivity contribution in [1.29, 1.82) is 0 Å². The Morgan fingerprint density at radius 1 is 1.45 bits per heavy atom. The van der Waals surface area contributed by atoms with Crippen molar-refractivity contribution in [2.45, 2.75) is 45.6 Å². The van der Waals surface area contributed by atoms with Gasteiger partial charge in [0.1, 0.15) is 0 Å². The fourth-order valence-corrected chi connectivity index (χ4v) is 1.24. The summed E-state index contributed by atoms with van der Waals surface area (Å²) < 4.78 is 0. The summed E-state index contributed by atoms with van der Waals surface area (Å²) in [6.45, 7) is 6.35. The highest BCUT2D eigenvalue weighted by molar-refractivity contribution is 5.82. The van der Waals surface area contributed by atoms with Gasteiger partial charge >= 0.3 is 0 Å². The van der Waals surface area contributed by atoms with Crippen molar-refractivity contribution in [3.05, 3.63) is 0 Å². The summed E-state index contributed by atoms with van der Waals surface area (Å²) in [5.74, 6) is 1.21. The standard InChI is InChI=1S/C9H18N2/c1-7(2)8(10)11-9(3)5-4-6-9/h7H,4-6H2,1-3H3,(H2,10,11). The molecule has 2 heteroatoms. The van der Waals surface area contributed by atoms with Crippen molar-refractivity contribution in [1.82, 2.24) is 0 Å². The molecule has 64 valence electrons. The first-order valence-corrected chi connectivity index (χ1v) is 4.39. The third kappa shape index (κ3) is 1.95. The Balaban J connectivity index is 2.56. The molecule has 2 N–H and O–H groups in total. The molecule has 2 nitrogen and oxygen atoms in total. The van der Waals surface area contributed by atoms with E-state index in [0.29, 0.717) is 5.92 Å². The summed E-state index contributed by atoms with van der Waals surface area (Å²) in [4.78, 5) is 4.51. The Morgan fingerprint density at radius 3 is 2.27 bits per heavy atom. The van der Waals surface area contributed by atoms with Crippen LogP contribution in [0.3, 0.4) is 0 Å². The van der Waals surface area contributed by atoms with Gasteiger partial charge in [0.25, 0.3) is 0 Å². The molecule has 0 aromatic rings. The molecule has 11 heavy (non-hydrogen) atoms. The quantitative estimate of drug-likeness (QED) is 0.479. The Morgan fingerprint density at radius 2 is 2.00 bits per heavy atom. The van der Waals surface area contributed by atoms with Crippen LogP contribution in [0.25, 0.3) is 0 Å². The molecule has 0 bridgehead atoms. The minimum absolute atomic E-state index is 0.189. The second kappa shape index (κ2) is 2.84. The maximum absolute atomic E-state index is 5.76. The van der Waals surface area contributed by atoms with Crippen LogP contribution in [0.4, 0.5) is 0 Å². The predicted molar refractivity (Wildman–Crippen MR) is 48.7 cm³/mol. The second-order valence-corrected chi connectivity index (χ2v) is 4.04. The molecular formula is C9H18N2. The molecule has 0 aromatic heterocycles. The van der Waals surface area contributed by atoms with E-state index in [4.69, 9.17) is 5.73 Å².